The van der Waals surface area contributed by atoms with Crippen molar-refractivity contribution in [3.05, 3.63) is 52.6 Å². The van der Waals surface area contributed by atoms with Crippen LogP contribution in [0.2, 0.25) is 0 Å². The van der Waals surface area contributed by atoms with Crippen LogP contribution < -0.4 is 5.32 Å². The molecule has 2 aromatic carbocycles. The van der Waals surface area contributed by atoms with Crippen LogP contribution in [-0.2, 0) is 9.53 Å². The van der Waals surface area contributed by atoms with Gasteiger partial charge in [-0.2, -0.15) is 0 Å². The molecule has 0 bridgehead atoms. The number of esters is 1. The molecular weight excluding hydrogens is 340 g/mol. The quantitative estimate of drug-likeness (QED) is 0.757. The highest BCUT2D eigenvalue weighted by Crippen LogP contribution is 2.37. The Bertz CT molecular complexity index is 821. The van der Waals surface area contributed by atoms with Gasteiger partial charge in [-0.3, -0.25) is 4.79 Å². The molecule has 26 heavy (non-hydrogen) atoms. The number of carbonyl (C=O) groups excluding carboxylic acids is 1. The molecular formula is C20H23F2NO3. The van der Waals surface area contributed by atoms with Crippen LogP contribution in [0.4, 0.5) is 8.78 Å². The molecule has 0 heterocycles. The first-order valence-electron chi connectivity index (χ1n) is 8.41. The first-order valence-corrected chi connectivity index (χ1v) is 8.41. The molecule has 0 saturated carbocycles. The first kappa shape index (κ1) is 19.8. The third kappa shape index (κ3) is 4.02. The van der Waals surface area contributed by atoms with Crippen LogP contribution in [0.15, 0.2) is 24.3 Å². The zero-order valence-electron chi connectivity index (χ0n) is 15.3. The summed E-state index contributed by atoms with van der Waals surface area (Å²) >= 11 is 0. The van der Waals surface area contributed by atoms with Crippen LogP contribution in [0.3, 0.4) is 0 Å². The van der Waals surface area contributed by atoms with E-state index in [1.165, 1.54) is 18.2 Å². The Kier molecular flexibility index (Phi) is 6.32. The van der Waals surface area contributed by atoms with Crippen LogP contribution in [0.1, 0.15) is 36.1 Å². The van der Waals surface area contributed by atoms with Gasteiger partial charge in [0.05, 0.1) is 13.0 Å². The zero-order chi connectivity index (χ0) is 19.4. The summed E-state index contributed by atoms with van der Waals surface area (Å²) in [6, 6.07) is 4.93. The molecule has 6 heteroatoms. The summed E-state index contributed by atoms with van der Waals surface area (Å²) in [6.07, 6.45) is -0.0434. The Morgan fingerprint density at radius 3 is 2.58 bits per heavy atom. The first-order chi connectivity index (χ1) is 12.3. The highest BCUT2D eigenvalue weighted by Gasteiger charge is 2.22. The Morgan fingerprint density at radius 2 is 1.96 bits per heavy atom. The minimum atomic E-state index is -0.608. The number of hydrogen-bond donors (Lipinski definition) is 2. The van der Waals surface area contributed by atoms with Gasteiger partial charge in [0.1, 0.15) is 17.4 Å². The van der Waals surface area contributed by atoms with E-state index < -0.39 is 23.6 Å². The van der Waals surface area contributed by atoms with Gasteiger partial charge in [-0.25, -0.2) is 8.78 Å². The van der Waals surface area contributed by atoms with Crippen molar-refractivity contribution in [1.29, 1.82) is 0 Å². The van der Waals surface area contributed by atoms with Crippen LogP contribution in [0, 0.1) is 25.5 Å². The van der Waals surface area contributed by atoms with Crippen LogP contribution >= 0.6 is 0 Å². The molecule has 2 rings (SSSR count). The summed E-state index contributed by atoms with van der Waals surface area (Å²) in [4.78, 5) is 11.8. The SMILES string of the molecule is CCOC(=O)C[C@H](NC)c1cc(-c2c(O)ccc(F)c2C)cc(C)c1F. The lowest BCUT2D eigenvalue weighted by Gasteiger charge is -2.20. The van der Waals surface area contributed by atoms with Crippen molar-refractivity contribution in [3.8, 4) is 16.9 Å². The monoisotopic (exact) mass is 363 g/mol. The van der Waals surface area contributed by atoms with Gasteiger partial charge >= 0.3 is 5.97 Å². The summed E-state index contributed by atoms with van der Waals surface area (Å²) < 4.78 is 33.6. The molecule has 0 aliphatic heterocycles. The third-order valence-electron chi connectivity index (χ3n) is 4.35. The molecule has 0 fully saturated rings. The summed E-state index contributed by atoms with van der Waals surface area (Å²) in [6.45, 7) is 5.09. The maximum absolute atomic E-state index is 14.7. The third-order valence-corrected chi connectivity index (χ3v) is 4.35. The van der Waals surface area contributed by atoms with E-state index in [0.717, 1.165) is 0 Å². The maximum Gasteiger partial charge on any atom is 0.307 e. The van der Waals surface area contributed by atoms with E-state index in [0.29, 0.717) is 16.7 Å². The number of aromatic hydroxyl groups is 1. The molecule has 0 amide bonds. The topological polar surface area (TPSA) is 58.6 Å². The minimum Gasteiger partial charge on any atom is -0.507 e. The molecule has 0 spiro atoms. The van der Waals surface area contributed by atoms with Gasteiger partial charge < -0.3 is 15.2 Å². The zero-order valence-corrected chi connectivity index (χ0v) is 15.3. The highest BCUT2D eigenvalue weighted by molar-refractivity contribution is 5.75. The largest absolute Gasteiger partial charge is 0.507 e. The predicted octanol–water partition coefficient (Wildman–Crippen LogP) is 4.17. The molecule has 4 nitrogen and oxygen atoms in total. The van der Waals surface area contributed by atoms with E-state index in [1.54, 1.807) is 33.9 Å². The fourth-order valence-corrected chi connectivity index (χ4v) is 2.99. The Morgan fingerprint density at radius 1 is 1.27 bits per heavy atom. The van der Waals surface area contributed by atoms with Gasteiger partial charge in [0.2, 0.25) is 0 Å². The number of phenols is 1. The second-order valence-corrected chi connectivity index (χ2v) is 6.11. The Balaban J connectivity index is 2.56. The predicted molar refractivity (Wildman–Crippen MR) is 96.0 cm³/mol. The molecule has 1 atom stereocenters. The van der Waals surface area contributed by atoms with Gasteiger partial charge in [0.15, 0.2) is 0 Å². The van der Waals surface area contributed by atoms with Crippen molar-refractivity contribution in [3.63, 3.8) is 0 Å². The highest BCUT2D eigenvalue weighted by atomic mass is 19.1. The number of hydrogen-bond acceptors (Lipinski definition) is 4. The van der Waals surface area contributed by atoms with Gasteiger partial charge in [-0.15, -0.1) is 0 Å². The summed E-state index contributed by atoms with van der Waals surface area (Å²) in [7, 11) is 1.62. The lowest BCUT2D eigenvalue weighted by atomic mass is 9.92. The van der Waals surface area contributed by atoms with Gasteiger partial charge in [-0.1, -0.05) is 0 Å². The molecule has 2 aromatic rings. The average molecular weight is 363 g/mol. The van der Waals surface area contributed by atoms with Crippen molar-refractivity contribution < 1.29 is 23.4 Å². The Labute approximate surface area is 151 Å². The molecule has 0 saturated heterocycles. The van der Waals surface area contributed by atoms with Crippen molar-refractivity contribution in [2.24, 2.45) is 0 Å². The summed E-state index contributed by atoms with van der Waals surface area (Å²) in [5.74, 6) is -1.45. The van der Waals surface area contributed by atoms with Crippen molar-refractivity contribution >= 4 is 5.97 Å². The Hall–Kier alpha value is -2.47. The van der Waals surface area contributed by atoms with Gasteiger partial charge in [0, 0.05) is 17.2 Å². The number of nitrogens with one attached hydrogen (secondary N) is 1. The smallest absolute Gasteiger partial charge is 0.307 e. The molecule has 2 N–H and O–H groups in total. The van der Waals surface area contributed by atoms with E-state index >= 15 is 0 Å². The standard InChI is InChI=1S/C20H23F2NO3/c1-5-26-18(25)10-16(23-4)14-9-13(8-11(2)20(14)22)19-12(3)15(21)6-7-17(19)24/h6-9,16,23-24H,5,10H2,1-4H3/t16-/m0/s1. The summed E-state index contributed by atoms with van der Waals surface area (Å²) in [5, 5.41) is 13.1. The number of halogens is 2. The van der Waals surface area contributed by atoms with Crippen molar-refractivity contribution in [1.82, 2.24) is 5.32 Å². The van der Waals surface area contributed by atoms with Crippen molar-refractivity contribution in [2.45, 2.75) is 33.2 Å². The molecule has 0 aliphatic rings. The van der Waals surface area contributed by atoms with E-state index in [9.17, 15) is 18.7 Å². The second-order valence-electron chi connectivity index (χ2n) is 6.11. The molecule has 140 valence electrons. The minimum absolute atomic E-state index is 0.0434. The van der Waals surface area contributed by atoms with Crippen LogP contribution in [0.25, 0.3) is 11.1 Å². The lowest BCUT2D eigenvalue weighted by molar-refractivity contribution is -0.143. The number of aryl methyl sites for hydroxylation is 1. The number of benzene rings is 2. The second kappa shape index (κ2) is 8.27. The summed E-state index contributed by atoms with van der Waals surface area (Å²) in [5.41, 5.74) is 1.66. The van der Waals surface area contributed by atoms with Crippen molar-refractivity contribution in [2.75, 3.05) is 13.7 Å². The number of ether oxygens (including phenoxy) is 1. The maximum atomic E-state index is 14.7. The van der Waals surface area contributed by atoms with Crippen LogP contribution in [0.5, 0.6) is 5.75 Å². The van der Waals surface area contributed by atoms with E-state index in [4.69, 9.17) is 4.74 Å². The van der Waals surface area contributed by atoms with E-state index in [1.807, 2.05) is 0 Å². The number of phenolic OH excluding ortho intramolecular Hbond substituents is 1. The van der Waals surface area contributed by atoms with Gasteiger partial charge in [0.25, 0.3) is 0 Å². The molecule has 0 aromatic heterocycles. The fraction of sp³-hybridized carbons (Fsp3) is 0.350. The van der Waals surface area contributed by atoms with Gasteiger partial charge in [-0.05, 0) is 68.8 Å². The van der Waals surface area contributed by atoms with E-state index in [-0.39, 0.29) is 29.9 Å². The molecule has 0 radical (unpaired) electrons. The average Bonchev–Trinajstić information content (AvgIpc) is 2.59. The number of carbonyl (C=O) groups is 1. The lowest BCUT2D eigenvalue weighted by Crippen LogP contribution is -2.22. The van der Waals surface area contributed by atoms with E-state index in [2.05, 4.69) is 5.32 Å². The van der Waals surface area contributed by atoms with Crippen LogP contribution in [-0.4, -0.2) is 24.7 Å². The molecule has 0 aliphatic carbocycles. The number of rotatable bonds is 6. The fourth-order valence-electron chi connectivity index (χ4n) is 2.99. The normalized spacial score (nSPS) is 12.1. The molecule has 0 unspecified atom stereocenters.